The zero-order valence-electron chi connectivity index (χ0n) is 19.9. The smallest absolute Gasteiger partial charge is 0.329 e. The van der Waals surface area contributed by atoms with Crippen molar-refractivity contribution < 1.29 is 19.1 Å². The molecule has 0 saturated heterocycles. The largest absolute Gasteiger partial charge is 0.484 e. The standard InChI is InChI=1S/C27H28N4O4/c1-4-21-7-5-6-8-24(21)30-25(32)17-35-23-13-10-20(11-14-23)16-28-31-27(34)26(33)29-22-12-9-18(2)19(3)15-22/h5-16H,4,17H2,1-3H3,(H,29,33)(H,30,32)(H,31,34)/b28-16-. The van der Waals surface area contributed by atoms with Crippen LogP contribution in [0.15, 0.2) is 71.8 Å². The molecule has 3 rings (SSSR count). The molecule has 3 amide bonds. The average molecular weight is 473 g/mol. The van der Waals surface area contributed by atoms with Gasteiger partial charge in [-0.15, -0.1) is 0 Å². The van der Waals surface area contributed by atoms with Gasteiger partial charge in [0.25, 0.3) is 5.91 Å². The Morgan fingerprint density at radius 3 is 2.34 bits per heavy atom. The molecule has 0 unspecified atom stereocenters. The summed E-state index contributed by atoms with van der Waals surface area (Å²) in [6.07, 6.45) is 2.22. The predicted octanol–water partition coefficient (Wildman–Crippen LogP) is 3.97. The van der Waals surface area contributed by atoms with Crippen LogP contribution in [0.25, 0.3) is 0 Å². The molecule has 0 aliphatic heterocycles. The lowest BCUT2D eigenvalue weighted by Crippen LogP contribution is -2.32. The number of carbonyl (C=O) groups is 3. The molecule has 35 heavy (non-hydrogen) atoms. The summed E-state index contributed by atoms with van der Waals surface area (Å²) in [5, 5.41) is 9.20. The SMILES string of the molecule is CCc1ccccc1NC(=O)COc1ccc(/C=N\NC(=O)C(=O)Nc2ccc(C)c(C)c2)cc1. The van der Waals surface area contributed by atoms with Crippen molar-refractivity contribution in [3.05, 3.63) is 89.0 Å². The van der Waals surface area contributed by atoms with E-state index in [9.17, 15) is 14.4 Å². The maximum Gasteiger partial charge on any atom is 0.329 e. The van der Waals surface area contributed by atoms with Gasteiger partial charge in [-0.25, -0.2) is 5.43 Å². The molecule has 180 valence electrons. The average Bonchev–Trinajstić information content (AvgIpc) is 2.86. The van der Waals surface area contributed by atoms with Crippen LogP contribution in [-0.2, 0) is 20.8 Å². The summed E-state index contributed by atoms with van der Waals surface area (Å²) in [7, 11) is 0. The van der Waals surface area contributed by atoms with Gasteiger partial charge in [0.05, 0.1) is 6.21 Å². The van der Waals surface area contributed by atoms with Crippen molar-refractivity contribution in [3.63, 3.8) is 0 Å². The minimum atomic E-state index is -0.880. The van der Waals surface area contributed by atoms with Gasteiger partial charge in [0, 0.05) is 11.4 Å². The van der Waals surface area contributed by atoms with Crippen molar-refractivity contribution in [1.82, 2.24) is 5.43 Å². The Morgan fingerprint density at radius 1 is 0.886 bits per heavy atom. The number of hydrogen-bond acceptors (Lipinski definition) is 5. The third kappa shape index (κ3) is 7.53. The summed E-state index contributed by atoms with van der Waals surface area (Å²) in [5.74, 6) is -1.43. The molecule has 3 aromatic rings. The number of anilines is 2. The molecule has 3 N–H and O–H groups in total. The van der Waals surface area contributed by atoms with Gasteiger partial charge in [-0.1, -0.05) is 31.2 Å². The minimum absolute atomic E-state index is 0.128. The monoisotopic (exact) mass is 472 g/mol. The van der Waals surface area contributed by atoms with Crippen LogP contribution < -0.4 is 20.8 Å². The molecule has 0 saturated carbocycles. The van der Waals surface area contributed by atoms with Crippen molar-refractivity contribution >= 4 is 35.3 Å². The van der Waals surface area contributed by atoms with E-state index in [1.807, 2.05) is 51.1 Å². The number of hydrazone groups is 1. The van der Waals surface area contributed by atoms with E-state index in [4.69, 9.17) is 4.74 Å². The number of carbonyl (C=O) groups excluding carboxylic acids is 3. The Kier molecular flexibility index (Phi) is 8.72. The van der Waals surface area contributed by atoms with Crippen molar-refractivity contribution in [1.29, 1.82) is 0 Å². The molecule has 0 aromatic heterocycles. The Hall–Kier alpha value is -4.46. The van der Waals surface area contributed by atoms with Gasteiger partial charge in [-0.05, 0) is 85.0 Å². The summed E-state index contributed by atoms with van der Waals surface area (Å²) in [6.45, 7) is 5.79. The Bertz CT molecular complexity index is 1240. The van der Waals surface area contributed by atoms with Gasteiger partial charge in [0.1, 0.15) is 5.75 Å². The van der Waals surface area contributed by atoms with Gasteiger partial charge in [-0.2, -0.15) is 5.10 Å². The number of rotatable bonds is 8. The maximum atomic E-state index is 12.2. The van der Waals surface area contributed by atoms with Crippen molar-refractivity contribution in [3.8, 4) is 5.75 Å². The summed E-state index contributed by atoms with van der Waals surface area (Å²) in [4.78, 5) is 36.2. The van der Waals surface area contributed by atoms with Crippen molar-refractivity contribution in [2.75, 3.05) is 17.2 Å². The van der Waals surface area contributed by atoms with Gasteiger partial charge < -0.3 is 15.4 Å². The normalized spacial score (nSPS) is 10.6. The second-order valence-corrected chi connectivity index (χ2v) is 7.87. The number of benzene rings is 3. The highest BCUT2D eigenvalue weighted by Gasteiger charge is 2.13. The van der Waals surface area contributed by atoms with Crippen LogP contribution >= 0.6 is 0 Å². The fraction of sp³-hybridized carbons (Fsp3) is 0.185. The van der Waals surface area contributed by atoms with Crippen LogP contribution in [-0.4, -0.2) is 30.5 Å². The van der Waals surface area contributed by atoms with E-state index in [2.05, 4.69) is 21.2 Å². The second kappa shape index (κ2) is 12.1. The first-order valence-corrected chi connectivity index (χ1v) is 11.2. The van der Waals surface area contributed by atoms with E-state index in [0.717, 1.165) is 28.8 Å². The molecule has 0 heterocycles. The van der Waals surface area contributed by atoms with Crippen LogP contribution in [0.5, 0.6) is 5.75 Å². The number of aryl methyl sites for hydroxylation is 3. The first-order valence-electron chi connectivity index (χ1n) is 11.2. The van der Waals surface area contributed by atoms with Gasteiger partial charge >= 0.3 is 11.8 Å². The number of nitrogens with one attached hydrogen (secondary N) is 3. The van der Waals surface area contributed by atoms with E-state index in [-0.39, 0.29) is 12.5 Å². The molecule has 0 radical (unpaired) electrons. The van der Waals surface area contributed by atoms with Crippen molar-refractivity contribution in [2.45, 2.75) is 27.2 Å². The topological polar surface area (TPSA) is 109 Å². The highest BCUT2D eigenvalue weighted by molar-refractivity contribution is 6.39. The quantitative estimate of drug-likeness (QED) is 0.262. The van der Waals surface area contributed by atoms with Crippen LogP contribution in [0.3, 0.4) is 0 Å². The molecule has 0 fully saturated rings. The lowest BCUT2D eigenvalue weighted by atomic mass is 10.1. The molecule has 8 heteroatoms. The Balaban J connectivity index is 1.44. The van der Waals surface area contributed by atoms with Crippen LogP contribution in [0.4, 0.5) is 11.4 Å². The summed E-state index contributed by atoms with van der Waals surface area (Å²) in [5.41, 5.74) is 7.35. The van der Waals surface area contributed by atoms with E-state index in [1.54, 1.807) is 36.4 Å². The Morgan fingerprint density at radius 2 is 1.63 bits per heavy atom. The summed E-state index contributed by atoms with van der Waals surface area (Å²) in [6, 6.07) is 19.8. The van der Waals surface area contributed by atoms with Gasteiger partial charge in [-0.3, -0.25) is 14.4 Å². The summed E-state index contributed by atoms with van der Waals surface area (Å²) < 4.78 is 5.54. The molecule has 3 aromatic carbocycles. The molecule has 0 spiro atoms. The van der Waals surface area contributed by atoms with E-state index >= 15 is 0 Å². The number of amides is 3. The molecule has 0 aliphatic carbocycles. The van der Waals surface area contributed by atoms with Gasteiger partial charge in [0.15, 0.2) is 6.61 Å². The fourth-order valence-electron chi connectivity index (χ4n) is 3.16. The van der Waals surface area contributed by atoms with E-state index in [0.29, 0.717) is 17.0 Å². The number of nitrogens with zero attached hydrogens (tertiary/aromatic N) is 1. The first-order chi connectivity index (χ1) is 16.9. The van der Waals surface area contributed by atoms with E-state index < -0.39 is 11.8 Å². The van der Waals surface area contributed by atoms with Crippen molar-refractivity contribution in [2.24, 2.45) is 5.10 Å². The van der Waals surface area contributed by atoms with Crippen LogP contribution in [0.1, 0.15) is 29.2 Å². The predicted molar refractivity (Wildman–Crippen MR) is 137 cm³/mol. The van der Waals surface area contributed by atoms with Crippen LogP contribution in [0, 0.1) is 13.8 Å². The lowest BCUT2D eigenvalue weighted by Gasteiger charge is -2.10. The number of hydrogen-bond donors (Lipinski definition) is 3. The molecule has 0 atom stereocenters. The van der Waals surface area contributed by atoms with E-state index in [1.165, 1.54) is 6.21 Å². The molecular weight excluding hydrogens is 444 g/mol. The minimum Gasteiger partial charge on any atom is -0.484 e. The highest BCUT2D eigenvalue weighted by atomic mass is 16.5. The zero-order chi connectivity index (χ0) is 25.2. The molecule has 0 bridgehead atoms. The molecular formula is C27H28N4O4. The number of para-hydroxylation sites is 1. The highest BCUT2D eigenvalue weighted by Crippen LogP contribution is 2.16. The van der Waals surface area contributed by atoms with Gasteiger partial charge in [0.2, 0.25) is 0 Å². The maximum absolute atomic E-state index is 12.2. The zero-order valence-corrected chi connectivity index (χ0v) is 19.9. The summed E-state index contributed by atoms with van der Waals surface area (Å²) >= 11 is 0. The van der Waals surface area contributed by atoms with Crippen LogP contribution in [0.2, 0.25) is 0 Å². The molecule has 0 aliphatic rings. The third-order valence-electron chi connectivity index (χ3n) is 5.27. The lowest BCUT2D eigenvalue weighted by molar-refractivity contribution is -0.136. The number of ether oxygens (including phenoxy) is 1. The molecule has 8 nitrogen and oxygen atoms in total. The third-order valence-corrected chi connectivity index (χ3v) is 5.27. The fourth-order valence-corrected chi connectivity index (χ4v) is 3.16. The first kappa shape index (κ1) is 25.2. The second-order valence-electron chi connectivity index (χ2n) is 7.87. The Labute approximate surface area is 204 Å².